The zero-order chi connectivity index (χ0) is 19.9. The molecule has 1 fully saturated rings. The number of carbonyl (C=O) groups is 1. The molecule has 0 radical (unpaired) electrons. The summed E-state index contributed by atoms with van der Waals surface area (Å²) in [5, 5.41) is 21.8. The van der Waals surface area contributed by atoms with Crippen LogP contribution in [0.25, 0.3) is 0 Å². The van der Waals surface area contributed by atoms with Gasteiger partial charge in [-0.25, -0.2) is 0 Å². The summed E-state index contributed by atoms with van der Waals surface area (Å²) in [6.45, 7) is 0.159. The lowest BCUT2D eigenvalue weighted by Crippen LogP contribution is -2.19. The summed E-state index contributed by atoms with van der Waals surface area (Å²) >= 11 is 1.29. The van der Waals surface area contributed by atoms with Crippen LogP contribution in [0.1, 0.15) is 11.1 Å². The van der Waals surface area contributed by atoms with Crippen LogP contribution in [0.2, 0.25) is 0 Å². The van der Waals surface area contributed by atoms with E-state index in [4.69, 9.17) is 9.47 Å². The first-order valence-corrected chi connectivity index (χ1v) is 9.11. The van der Waals surface area contributed by atoms with Gasteiger partial charge in [0.05, 0.1) is 30.1 Å². The Bertz CT molecular complexity index is 961. The maximum absolute atomic E-state index is 11.1. The number of hydrogen-bond donors (Lipinski definition) is 1. The predicted octanol–water partition coefficient (Wildman–Crippen LogP) is 2.74. The van der Waals surface area contributed by atoms with Crippen LogP contribution in [0.4, 0.5) is 5.69 Å². The normalized spacial score (nSPS) is 15.0. The second kappa shape index (κ2) is 9.00. The number of hydrogen-bond acceptors (Lipinski definition) is 8. The highest BCUT2D eigenvalue weighted by molar-refractivity contribution is 8.15. The van der Waals surface area contributed by atoms with Crippen molar-refractivity contribution in [2.24, 2.45) is 10.2 Å². The average molecular weight is 400 g/mol. The minimum Gasteiger partial charge on any atom is -0.496 e. The molecule has 0 aliphatic carbocycles. The lowest BCUT2D eigenvalue weighted by Gasteiger charge is -2.11. The van der Waals surface area contributed by atoms with Gasteiger partial charge in [0.15, 0.2) is 5.17 Å². The van der Waals surface area contributed by atoms with Crippen molar-refractivity contribution in [1.82, 2.24) is 5.32 Å². The topological polar surface area (TPSA) is 115 Å². The first-order chi connectivity index (χ1) is 13.5. The van der Waals surface area contributed by atoms with Crippen molar-refractivity contribution >= 4 is 34.7 Å². The SMILES string of the molecule is COc1ccc(C=NN=C2NC(=O)CS2)cc1COc1cccc([N+](=O)[O-])c1. The zero-order valence-electron chi connectivity index (χ0n) is 14.8. The average Bonchev–Trinajstić information content (AvgIpc) is 3.11. The number of rotatable bonds is 7. The smallest absolute Gasteiger partial charge is 0.273 e. The van der Waals surface area contributed by atoms with Gasteiger partial charge in [-0.3, -0.25) is 14.9 Å². The number of nitro groups is 1. The number of thioether (sulfide) groups is 1. The molecule has 144 valence electrons. The summed E-state index contributed by atoms with van der Waals surface area (Å²) in [6.07, 6.45) is 1.55. The third-order valence-electron chi connectivity index (χ3n) is 3.67. The van der Waals surface area contributed by atoms with Crippen molar-refractivity contribution in [2.45, 2.75) is 6.61 Å². The third kappa shape index (κ3) is 5.07. The number of benzene rings is 2. The van der Waals surface area contributed by atoms with Crippen LogP contribution in [0, 0.1) is 10.1 Å². The van der Waals surface area contributed by atoms with E-state index in [1.165, 1.54) is 23.9 Å². The highest BCUT2D eigenvalue weighted by atomic mass is 32.2. The van der Waals surface area contributed by atoms with Crippen molar-refractivity contribution < 1.29 is 19.2 Å². The first kappa shape index (κ1) is 19.4. The van der Waals surface area contributed by atoms with E-state index in [2.05, 4.69) is 15.5 Å². The second-order valence-electron chi connectivity index (χ2n) is 5.60. The number of amidine groups is 1. The van der Waals surface area contributed by atoms with E-state index >= 15 is 0 Å². The summed E-state index contributed by atoms with van der Waals surface area (Å²) < 4.78 is 11.0. The number of carbonyl (C=O) groups excluding carboxylic acids is 1. The van der Waals surface area contributed by atoms with Gasteiger partial charge in [-0.2, -0.15) is 5.10 Å². The van der Waals surface area contributed by atoms with E-state index in [1.807, 2.05) is 6.07 Å². The maximum atomic E-state index is 11.1. The molecule has 0 spiro atoms. The number of amides is 1. The van der Waals surface area contributed by atoms with Crippen LogP contribution >= 0.6 is 11.8 Å². The molecule has 1 N–H and O–H groups in total. The van der Waals surface area contributed by atoms with E-state index in [9.17, 15) is 14.9 Å². The van der Waals surface area contributed by atoms with Gasteiger partial charge in [-0.1, -0.05) is 17.8 Å². The quantitative estimate of drug-likeness (QED) is 0.434. The molecule has 2 aromatic rings. The molecule has 0 unspecified atom stereocenters. The standard InChI is InChI=1S/C18H16N4O5S/c1-26-16-6-5-12(9-19-21-18-20-17(23)11-28-18)7-13(16)10-27-15-4-2-3-14(8-15)22(24)25/h2-9H,10-11H2,1H3,(H,20,21,23). The van der Waals surface area contributed by atoms with Gasteiger partial charge in [0, 0.05) is 11.6 Å². The Morgan fingerprint density at radius 2 is 2.18 bits per heavy atom. The molecule has 3 rings (SSSR count). The van der Waals surface area contributed by atoms with Gasteiger partial charge in [0.2, 0.25) is 5.91 Å². The molecular weight excluding hydrogens is 384 g/mol. The van der Waals surface area contributed by atoms with Crippen molar-refractivity contribution in [1.29, 1.82) is 0 Å². The van der Waals surface area contributed by atoms with Crippen LogP contribution in [0.5, 0.6) is 11.5 Å². The Labute approximate surface area is 164 Å². The Kier molecular flexibility index (Phi) is 6.22. The van der Waals surface area contributed by atoms with E-state index < -0.39 is 4.92 Å². The molecule has 0 saturated carbocycles. The maximum Gasteiger partial charge on any atom is 0.273 e. The van der Waals surface area contributed by atoms with Crippen LogP contribution in [0.3, 0.4) is 0 Å². The molecule has 1 saturated heterocycles. The van der Waals surface area contributed by atoms with E-state index in [-0.39, 0.29) is 18.2 Å². The molecule has 0 bridgehead atoms. The first-order valence-electron chi connectivity index (χ1n) is 8.13. The van der Waals surface area contributed by atoms with Gasteiger partial charge in [-0.05, 0) is 29.8 Å². The summed E-state index contributed by atoms with van der Waals surface area (Å²) in [5.74, 6) is 1.25. The van der Waals surface area contributed by atoms with Crippen LogP contribution in [-0.4, -0.2) is 35.1 Å². The molecule has 9 nitrogen and oxygen atoms in total. The Hall–Kier alpha value is -3.40. The zero-order valence-corrected chi connectivity index (χ0v) is 15.6. The molecule has 0 aromatic heterocycles. The van der Waals surface area contributed by atoms with Gasteiger partial charge < -0.3 is 14.8 Å². The number of nitrogens with zero attached hydrogens (tertiary/aromatic N) is 3. The summed E-state index contributed by atoms with van der Waals surface area (Å²) in [7, 11) is 1.55. The molecule has 28 heavy (non-hydrogen) atoms. The van der Waals surface area contributed by atoms with Gasteiger partial charge >= 0.3 is 0 Å². The molecular formula is C18H16N4O5S. The Balaban J connectivity index is 1.71. The molecule has 1 aliphatic heterocycles. The number of ether oxygens (including phenoxy) is 2. The van der Waals surface area contributed by atoms with Gasteiger partial charge in [0.1, 0.15) is 18.1 Å². The van der Waals surface area contributed by atoms with Crippen LogP contribution in [-0.2, 0) is 11.4 Å². The molecule has 1 amide bonds. The fraction of sp³-hybridized carbons (Fsp3) is 0.167. The fourth-order valence-electron chi connectivity index (χ4n) is 2.37. The molecule has 1 aliphatic rings. The number of nitrogens with one attached hydrogen (secondary N) is 1. The van der Waals surface area contributed by atoms with Crippen LogP contribution in [0.15, 0.2) is 52.7 Å². The largest absolute Gasteiger partial charge is 0.496 e. The minimum atomic E-state index is -0.475. The van der Waals surface area contributed by atoms with Crippen LogP contribution < -0.4 is 14.8 Å². The van der Waals surface area contributed by atoms with Gasteiger partial charge in [-0.15, -0.1) is 5.10 Å². The van der Waals surface area contributed by atoms with Crippen molar-refractivity contribution in [3.8, 4) is 11.5 Å². The highest BCUT2D eigenvalue weighted by Gasteiger charge is 2.16. The molecule has 0 atom stereocenters. The molecule has 2 aromatic carbocycles. The minimum absolute atomic E-state index is 0.0404. The summed E-state index contributed by atoms with van der Waals surface area (Å²) in [4.78, 5) is 21.5. The number of methoxy groups -OCH3 is 1. The summed E-state index contributed by atoms with van der Waals surface area (Å²) in [6, 6.07) is 11.4. The predicted molar refractivity (Wildman–Crippen MR) is 106 cm³/mol. The van der Waals surface area contributed by atoms with E-state index in [0.717, 1.165) is 11.1 Å². The lowest BCUT2D eigenvalue weighted by molar-refractivity contribution is -0.384. The fourth-order valence-corrected chi connectivity index (χ4v) is 3.00. The van der Waals surface area contributed by atoms with Crippen molar-refractivity contribution in [2.75, 3.05) is 12.9 Å². The summed E-state index contributed by atoms with van der Waals surface area (Å²) in [5.41, 5.74) is 1.47. The van der Waals surface area contributed by atoms with E-state index in [1.54, 1.807) is 37.6 Å². The van der Waals surface area contributed by atoms with Gasteiger partial charge in [0.25, 0.3) is 5.69 Å². The highest BCUT2D eigenvalue weighted by Crippen LogP contribution is 2.24. The third-order valence-corrected chi connectivity index (χ3v) is 4.53. The number of non-ortho nitro benzene ring substituents is 1. The lowest BCUT2D eigenvalue weighted by atomic mass is 10.1. The van der Waals surface area contributed by atoms with Crippen molar-refractivity contribution in [3.05, 3.63) is 63.7 Å². The Morgan fingerprint density at radius 1 is 1.32 bits per heavy atom. The monoisotopic (exact) mass is 400 g/mol. The second-order valence-corrected chi connectivity index (χ2v) is 6.57. The van der Waals surface area contributed by atoms with Crippen molar-refractivity contribution in [3.63, 3.8) is 0 Å². The van der Waals surface area contributed by atoms with E-state index in [0.29, 0.717) is 22.4 Å². The molecule has 1 heterocycles. The number of nitro benzene ring substituents is 1. The Morgan fingerprint density at radius 3 is 2.89 bits per heavy atom. The molecule has 10 heteroatoms.